The zero-order valence-electron chi connectivity index (χ0n) is 18.0. The fourth-order valence-corrected chi connectivity index (χ4v) is 2.06. The number of hydrogen-bond donors (Lipinski definition) is 10. The molecule has 3 rings (SSSR count). The Balaban J connectivity index is -0.000000412. The molecule has 0 amide bonds. The van der Waals surface area contributed by atoms with Crippen molar-refractivity contribution in [2.24, 2.45) is 16.8 Å². The molecule has 35 heavy (non-hydrogen) atoms. The largest absolute Gasteiger partial charge is 0.508 e. The van der Waals surface area contributed by atoms with Crippen LogP contribution in [0, 0.1) is 0 Å². The van der Waals surface area contributed by atoms with E-state index in [2.05, 4.69) is 11.1 Å². The summed E-state index contributed by atoms with van der Waals surface area (Å²) in [5, 5.41) is 70.8. The lowest BCUT2D eigenvalue weighted by molar-refractivity contribution is 0.112. The average Bonchev–Trinajstić information content (AvgIpc) is 2.78. The van der Waals surface area contributed by atoms with Crippen molar-refractivity contribution < 1.29 is 45.8 Å². The second-order valence-corrected chi connectivity index (χ2v) is 5.87. The van der Waals surface area contributed by atoms with Gasteiger partial charge in [-0.15, -0.1) is 24.8 Å². The van der Waals surface area contributed by atoms with Crippen molar-refractivity contribution in [3.63, 3.8) is 0 Å². The van der Waals surface area contributed by atoms with E-state index >= 15 is 0 Å². The third-order valence-corrected chi connectivity index (χ3v) is 3.64. The van der Waals surface area contributed by atoms with Gasteiger partial charge in [0.2, 0.25) is 0 Å². The molecule has 3 aromatic carbocycles. The molecule has 0 aliphatic heterocycles. The molecule has 12 nitrogen and oxygen atoms in total. The summed E-state index contributed by atoms with van der Waals surface area (Å²) in [7, 11) is 0. The number of nitrogens with zero attached hydrogens (tertiary/aromatic N) is 1. The van der Waals surface area contributed by atoms with Crippen molar-refractivity contribution in [2.75, 3.05) is 0 Å². The van der Waals surface area contributed by atoms with Crippen LogP contribution < -0.4 is 11.6 Å². The van der Waals surface area contributed by atoms with Gasteiger partial charge in [0.1, 0.15) is 34.5 Å². The SMILES string of the molecule is Cl.Cl.NCc1ccc(O)cc1O.NO.O/N=C/c1ccc(O)cc1O.O=Cc1ccc(O)cc1O. The fourth-order valence-electron chi connectivity index (χ4n) is 2.06. The average molecular weight is 536 g/mol. The number of phenolic OH excluding ortho intramolecular Hbond substituents is 6. The fraction of sp³-hybridized carbons (Fsp3) is 0.0476. The second-order valence-electron chi connectivity index (χ2n) is 5.87. The second kappa shape index (κ2) is 19.5. The number of hydrogen-bond acceptors (Lipinski definition) is 12. The number of benzene rings is 3. The van der Waals surface area contributed by atoms with Crippen molar-refractivity contribution in [2.45, 2.75) is 6.54 Å². The molecule has 3 aromatic rings. The number of carbonyl (C=O) groups is 1. The van der Waals surface area contributed by atoms with E-state index in [-0.39, 0.29) is 71.4 Å². The van der Waals surface area contributed by atoms with Crippen LogP contribution in [0.2, 0.25) is 0 Å². The lowest BCUT2D eigenvalue weighted by atomic mass is 10.2. The minimum atomic E-state index is -0.199. The summed E-state index contributed by atoms with van der Waals surface area (Å²) >= 11 is 0. The Morgan fingerprint density at radius 2 is 1.09 bits per heavy atom. The van der Waals surface area contributed by atoms with Crippen LogP contribution in [0.3, 0.4) is 0 Å². The van der Waals surface area contributed by atoms with E-state index in [0.29, 0.717) is 17.4 Å². The standard InChI is InChI=1S/C7H7NO3.C7H9NO2.C7H6O3.2ClH.H3NO/c9-6-2-1-5(4-8-11)7(10)3-6;2*8-4-5-1-2-6(9)3-7(5)10;;;1-2/h1-4,9-11H;1-3,9-10H,4,8H2;1-4,9-10H;2*1H;2H,1H2/b8-4+;;;;;. The predicted molar refractivity (Wildman–Crippen MR) is 132 cm³/mol. The first-order chi connectivity index (χ1) is 15.7. The number of aromatic hydroxyl groups is 6. The highest BCUT2D eigenvalue weighted by molar-refractivity contribution is 5.85. The molecule has 0 atom stereocenters. The van der Waals surface area contributed by atoms with Crippen molar-refractivity contribution >= 4 is 37.3 Å². The summed E-state index contributed by atoms with van der Waals surface area (Å²) in [5.41, 5.74) is 6.43. The number of oxime groups is 1. The Morgan fingerprint density at radius 1 is 0.686 bits per heavy atom. The first kappa shape index (κ1) is 35.6. The quantitative estimate of drug-likeness (QED) is 0.101. The molecule has 0 aliphatic carbocycles. The van der Waals surface area contributed by atoms with Crippen molar-refractivity contribution in [1.29, 1.82) is 0 Å². The Labute approximate surface area is 212 Å². The summed E-state index contributed by atoms with van der Waals surface area (Å²) in [4.78, 5) is 10.1. The maximum absolute atomic E-state index is 10.1. The molecule has 0 spiro atoms. The molecule has 0 fully saturated rings. The number of aldehydes is 1. The molecule has 0 saturated heterocycles. The van der Waals surface area contributed by atoms with Gasteiger partial charge in [0.05, 0.1) is 11.8 Å². The van der Waals surface area contributed by atoms with Gasteiger partial charge in [0.25, 0.3) is 0 Å². The lowest BCUT2D eigenvalue weighted by Gasteiger charge is -1.99. The Kier molecular flexibility index (Phi) is 19.9. The van der Waals surface area contributed by atoms with Gasteiger partial charge >= 0.3 is 0 Å². The first-order valence-corrected chi connectivity index (χ1v) is 8.85. The van der Waals surface area contributed by atoms with Crippen molar-refractivity contribution in [3.05, 3.63) is 71.3 Å². The summed E-state index contributed by atoms with van der Waals surface area (Å²) < 4.78 is 0. The normalized spacial score (nSPS) is 8.89. The third-order valence-electron chi connectivity index (χ3n) is 3.64. The summed E-state index contributed by atoms with van der Waals surface area (Å²) in [6.45, 7) is 0.284. The molecule has 12 N–H and O–H groups in total. The number of nitrogens with two attached hydrogens (primary N) is 2. The van der Waals surface area contributed by atoms with Gasteiger partial charge in [0, 0.05) is 35.9 Å². The van der Waals surface area contributed by atoms with E-state index in [0.717, 1.165) is 18.3 Å². The first-order valence-electron chi connectivity index (χ1n) is 8.85. The summed E-state index contributed by atoms with van der Waals surface area (Å²) in [6, 6.07) is 12.1. The number of phenols is 6. The van der Waals surface area contributed by atoms with E-state index in [1.807, 2.05) is 0 Å². The van der Waals surface area contributed by atoms with E-state index < -0.39 is 0 Å². The Morgan fingerprint density at radius 3 is 1.43 bits per heavy atom. The molecule has 0 saturated carbocycles. The Hall–Kier alpha value is -3.94. The molecule has 0 bridgehead atoms. The number of rotatable bonds is 3. The van der Waals surface area contributed by atoms with E-state index in [1.165, 1.54) is 36.4 Å². The van der Waals surface area contributed by atoms with Crippen LogP contribution >= 0.6 is 24.8 Å². The van der Waals surface area contributed by atoms with E-state index in [1.54, 1.807) is 6.07 Å². The molecule has 0 aromatic heterocycles. The zero-order valence-corrected chi connectivity index (χ0v) is 19.6. The summed E-state index contributed by atoms with van der Waals surface area (Å²) in [5.74, 6) is 3.19. The highest BCUT2D eigenvalue weighted by atomic mass is 35.5. The van der Waals surface area contributed by atoms with Crippen LogP contribution in [0.1, 0.15) is 21.5 Å². The maximum Gasteiger partial charge on any atom is 0.153 e. The van der Waals surface area contributed by atoms with Crippen molar-refractivity contribution in [1.82, 2.24) is 0 Å². The summed E-state index contributed by atoms with van der Waals surface area (Å²) in [6.07, 6.45) is 1.60. The Bertz CT molecular complexity index is 1050. The molecule has 0 radical (unpaired) electrons. The molecule has 194 valence electrons. The smallest absolute Gasteiger partial charge is 0.153 e. The van der Waals surface area contributed by atoms with Gasteiger partial charge in [0.15, 0.2) is 6.29 Å². The molecular weight excluding hydrogens is 509 g/mol. The lowest BCUT2D eigenvalue weighted by Crippen LogP contribution is -1.95. The molecule has 0 heterocycles. The number of halogens is 2. The van der Waals surface area contributed by atoms with Crippen LogP contribution in [0.25, 0.3) is 0 Å². The van der Waals surface area contributed by atoms with E-state index in [9.17, 15) is 4.79 Å². The van der Waals surface area contributed by atoms with Crippen molar-refractivity contribution in [3.8, 4) is 34.5 Å². The van der Waals surface area contributed by atoms with Gasteiger partial charge < -0.3 is 46.8 Å². The van der Waals surface area contributed by atoms with Gasteiger partial charge in [-0.05, 0) is 30.3 Å². The topological polar surface area (TPSA) is 243 Å². The highest BCUT2D eigenvalue weighted by Crippen LogP contribution is 2.22. The zero-order chi connectivity index (χ0) is 25.4. The molecule has 0 aliphatic rings. The van der Waals surface area contributed by atoms with Crippen LogP contribution in [0.5, 0.6) is 34.5 Å². The molecule has 0 unspecified atom stereocenters. The third kappa shape index (κ3) is 13.4. The predicted octanol–water partition coefficient (Wildman–Crippen LogP) is 2.55. The highest BCUT2D eigenvalue weighted by Gasteiger charge is 1.99. The molecule has 14 heteroatoms. The van der Waals surface area contributed by atoms with Crippen LogP contribution in [0.15, 0.2) is 59.8 Å². The van der Waals surface area contributed by atoms with Crippen LogP contribution in [0.4, 0.5) is 0 Å². The maximum atomic E-state index is 10.1. The number of carbonyl (C=O) groups excluding carboxylic acids is 1. The monoisotopic (exact) mass is 535 g/mol. The molecular formula is C21H27Cl2N3O9. The van der Waals surface area contributed by atoms with Crippen LogP contribution in [-0.4, -0.2) is 53.6 Å². The van der Waals surface area contributed by atoms with Gasteiger partial charge in [-0.2, -0.15) is 0 Å². The van der Waals surface area contributed by atoms with Crippen LogP contribution in [-0.2, 0) is 6.54 Å². The minimum Gasteiger partial charge on any atom is -0.508 e. The van der Waals surface area contributed by atoms with Gasteiger partial charge in [-0.25, -0.2) is 5.90 Å². The van der Waals surface area contributed by atoms with Gasteiger partial charge in [-0.1, -0.05) is 11.2 Å². The minimum absolute atomic E-state index is 0. The van der Waals surface area contributed by atoms with Gasteiger partial charge in [-0.3, -0.25) is 4.79 Å². The van der Waals surface area contributed by atoms with E-state index in [4.69, 9.17) is 46.8 Å².